The van der Waals surface area contributed by atoms with Crippen LogP contribution in [-0.2, 0) is 0 Å². The second-order valence-corrected chi connectivity index (χ2v) is 12.1. The normalized spacial score (nSPS) is 13.8. The van der Waals surface area contributed by atoms with Crippen molar-refractivity contribution in [1.29, 1.82) is 0 Å². The van der Waals surface area contributed by atoms with Crippen LogP contribution in [0.1, 0.15) is 57.3 Å². The van der Waals surface area contributed by atoms with Crippen LogP contribution >= 0.6 is 0 Å². The highest BCUT2D eigenvalue weighted by Crippen LogP contribution is 2.37. The van der Waals surface area contributed by atoms with E-state index in [0.29, 0.717) is 12.0 Å². The van der Waals surface area contributed by atoms with Crippen LogP contribution in [0.15, 0.2) is 24.3 Å². The van der Waals surface area contributed by atoms with Crippen molar-refractivity contribution >= 4 is 14.1 Å². The molecule has 1 aromatic carbocycles. The fourth-order valence-corrected chi connectivity index (χ4v) is 2.89. The zero-order valence-electron chi connectivity index (χ0n) is 14.8. The van der Waals surface area contributed by atoms with Crippen molar-refractivity contribution in [2.75, 3.05) is 0 Å². The van der Waals surface area contributed by atoms with Crippen molar-refractivity contribution < 1.29 is 14.3 Å². The van der Waals surface area contributed by atoms with Crippen LogP contribution in [0.4, 0.5) is 0 Å². The van der Waals surface area contributed by atoms with Gasteiger partial charge in [-0.05, 0) is 48.8 Å². The van der Waals surface area contributed by atoms with E-state index >= 15 is 0 Å². The van der Waals surface area contributed by atoms with Gasteiger partial charge in [-0.25, -0.2) is 0 Å². The SMILES string of the molecule is CCCCC(O)C(=O)c1ccc(O[Si](C)(C)C(C)(C)C)cc1. The van der Waals surface area contributed by atoms with Crippen molar-refractivity contribution in [3.63, 3.8) is 0 Å². The third kappa shape index (κ3) is 4.95. The molecule has 0 bridgehead atoms. The molecular weight excluding hydrogens is 292 g/mol. The Balaban J connectivity index is 2.77. The Morgan fingerprint density at radius 2 is 1.77 bits per heavy atom. The zero-order valence-corrected chi connectivity index (χ0v) is 15.8. The van der Waals surface area contributed by atoms with E-state index in [9.17, 15) is 9.90 Å². The molecule has 0 spiro atoms. The first kappa shape index (κ1) is 18.9. The first-order valence-corrected chi connectivity index (χ1v) is 11.0. The smallest absolute Gasteiger partial charge is 0.250 e. The number of aliphatic hydroxyl groups is 1. The van der Waals surface area contributed by atoms with E-state index in [1.54, 1.807) is 12.1 Å². The Hall–Kier alpha value is -1.13. The van der Waals surface area contributed by atoms with E-state index < -0.39 is 14.4 Å². The van der Waals surface area contributed by atoms with Gasteiger partial charge >= 0.3 is 0 Å². The lowest BCUT2D eigenvalue weighted by Gasteiger charge is -2.36. The van der Waals surface area contributed by atoms with Crippen LogP contribution in [0.2, 0.25) is 18.1 Å². The van der Waals surface area contributed by atoms with Crippen LogP contribution in [0.5, 0.6) is 5.75 Å². The Morgan fingerprint density at radius 3 is 2.23 bits per heavy atom. The summed E-state index contributed by atoms with van der Waals surface area (Å²) in [5.41, 5.74) is 0.547. The number of unbranched alkanes of at least 4 members (excludes halogenated alkanes) is 1. The summed E-state index contributed by atoms with van der Waals surface area (Å²) in [6.45, 7) is 13.0. The average Bonchev–Trinajstić information content (AvgIpc) is 2.43. The van der Waals surface area contributed by atoms with Crippen LogP contribution in [0, 0.1) is 0 Å². The number of ketones is 1. The number of hydrogen-bond donors (Lipinski definition) is 1. The minimum absolute atomic E-state index is 0.137. The number of Topliss-reactive ketones (excluding diaryl/α,β-unsaturated/α-hetero) is 1. The number of carbonyl (C=O) groups excluding carboxylic acids is 1. The number of hydrogen-bond acceptors (Lipinski definition) is 3. The summed E-state index contributed by atoms with van der Waals surface area (Å²) in [7, 11) is -1.86. The fourth-order valence-electron chi connectivity index (χ4n) is 1.86. The van der Waals surface area contributed by atoms with Gasteiger partial charge in [-0.1, -0.05) is 40.5 Å². The molecule has 0 aliphatic heterocycles. The monoisotopic (exact) mass is 322 g/mol. The molecule has 0 fully saturated rings. The lowest BCUT2D eigenvalue weighted by molar-refractivity contribution is 0.0726. The van der Waals surface area contributed by atoms with Gasteiger partial charge < -0.3 is 9.53 Å². The summed E-state index contributed by atoms with van der Waals surface area (Å²) in [6.07, 6.45) is 1.47. The summed E-state index contributed by atoms with van der Waals surface area (Å²) in [5, 5.41) is 10.0. The molecule has 0 radical (unpaired) electrons. The van der Waals surface area contributed by atoms with Crippen molar-refractivity contribution in [3.8, 4) is 5.75 Å². The third-order valence-electron chi connectivity index (χ3n) is 4.45. The summed E-state index contributed by atoms with van der Waals surface area (Å²) in [4.78, 5) is 12.1. The minimum Gasteiger partial charge on any atom is -0.544 e. The molecule has 0 aliphatic carbocycles. The predicted molar refractivity (Wildman–Crippen MR) is 94.1 cm³/mol. The van der Waals surface area contributed by atoms with Gasteiger partial charge in [-0.3, -0.25) is 4.79 Å². The molecular formula is C18H30O3Si. The molecule has 0 saturated heterocycles. The first-order chi connectivity index (χ1) is 10.1. The maximum atomic E-state index is 12.1. The summed E-state index contributed by atoms with van der Waals surface area (Å²) >= 11 is 0. The van der Waals surface area contributed by atoms with Gasteiger partial charge in [0.25, 0.3) is 0 Å². The molecule has 1 unspecified atom stereocenters. The molecule has 4 heteroatoms. The molecule has 1 atom stereocenters. The van der Waals surface area contributed by atoms with E-state index in [0.717, 1.165) is 18.6 Å². The Kier molecular flexibility index (Phi) is 6.38. The van der Waals surface area contributed by atoms with Gasteiger partial charge in [-0.15, -0.1) is 0 Å². The maximum Gasteiger partial charge on any atom is 0.250 e. The van der Waals surface area contributed by atoms with Gasteiger partial charge in [0.05, 0.1) is 0 Å². The Bertz CT molecular complexity index is 486. The molecule has 3 nitrogen and oxygen atoms in total. The molecule has 1 rings (SSSR count). The third-order valence-corrected chi connectivity index (χ3v) is 8.81. The van der Waals surface area contributed by atoms with Crippen LogP contribution in [0.3, 0.4) is 0 Å². The van der Waals surface area contributed by atoms with Gasteiger partial charge in [0, 0.05) is 5.56 Å². The highest BCUT2D eigenvalue weighted by molar-refractivity contribution is 6.74. The lowest BCUT2D eigenvalue weighted by atomic mass is 10.0. The first-order valence-electron chi connectivity index (χ1n) is 8.10. The van der Waals surface area contributed by atoms with Crippen LogP contribution < -0.4 is 4.43 Å². The summed E-state index contributed by atoms with van der Waals surface area (Å²) in [5.74, 6) is 0.596. The minimum atomic E-state index is -1.86. The molecule has 124 valence electrons. The molecule has 1 N–H and O–H groups in total. The van der Waals surface area contributed by atoms with E-state index in [2.05, 4.69) is 33.9 Å². The highest BCUT2D eigenvalue weighted by atomic mass is 28.4. The zero-order chi connectivity index (χ0) is 17.0. The number of rotatable bonds is 7. The van der Waals surface area contributed by atoms with E-state index in [4.69, 9.17) is 4.43 Å². The fraction of sp³-hybridized carbons (Fsp3) is 0.611. The Morgan fingerprint density at radius 1 is 1.23 bits per heavy atom. The largest absolute Gasteiger partial charge is 0.544 e. The second-order valence-electron chi connectivity index (χ2n) is 7.41. The van der Waals surface area contributed by atoms with Gasteiger partial charge in [-0.2, -0.15) is 0 Å². The second kappa shape index (κ2) is 7.42. The molecule has 22 heavy (non-hydrogen) atoms. The molecule has 0 amide bonds. The predicted octanol–water partition coefficient (Wildman–Crippen LogP) is 4.80. The average molecular weight is 323 g/mol. The van der Waals surface area contributed by atoms with E-state index in [-0.39, 0.29) is 10.8 Å². The lowest BCUT2D eigenvalue weighted by Crippen LogP contribution is -2.43. The van der Waals surface area contributed by atoms with Gasteiger partial charge in [0.2, 0.25) is 8.32 Å². The standard InChI is InChI=1S/C18H30O3Si/c1-7-8-9-16(19)17(20)14-10-12-15(13-11-14)21-22(5,6)18(2,3)4/h10-13,16,19H,7-9H2,1-6H3. The summed E-state index contributed by atoms with van der Waals surface area (Å²) < 4.78 is 6.19. The molecule has 0 aliphatic rings. The van der Waals surface area contributed by atoms with Gasteiger partial charge in [0.15, 0.2) is 5.78 Å². The maximum absolute atomic E-state index is 12.1. The quantitative estimate of drug-likeness (QED) is 0.579. The van der Waals surface area contributed by atoms with Crippen LogP contribution in [-0.4, -0.2) is 25.3 Å². The van der Waals surface area contributed by atoms with Gasteiger partial charge in [0.1, 0.15) is 11.9 Å². The topological polar surface area (TPSA) is 46.5 Å². The number of aliphatic hydroxyl groups excluding tert-OH is 1. The van der Waals surface area contributed by atoms with E-state index in [1.807, 2.05) is 19.1 Å². The summed E-state index contributed by atoms with van der Waals surface area (Å²) in [6, 6.07) is 7.17. The van der Waals surface area contributed by atoms with Crippen LogP contribution in [0.25, 0.3) is 0 Å². The Labute approximate surface area is 135 Å². The van der Waals surface area contributed by atoms with Crippen molar-refractivity contribution in [3.05, 3.63) is 29.8 Å². The highest BCUT2D eigenvalue weighted by Gasteiger charge is 2.38. The van der Waals surface area contributed by atoms with E-state index in [1.165, 1.54) is 0 Å². The van der Waals surface area contributed by atoms with Crippen molar-refractivity contribution in [2.45, 2.75) is 71.2 Å². The molecule has 0 heterocycles. The number of carbonyl (C=O) groups is 1. The molecule has 0 saturated carbocycles. The molecule has 1 aromatic rings. The van der Waals surface area contributed by atoms with Crippen molar-refractivity contribution in [2.24, 2.45) is 0 Å². The number of benzene rings is 1. The molecule has 0 aromatic heterocycles. The van der Waals surface area contributed by atoms with Crippen molar-refractivity contribution in [1.82, 2.24) is 0 Å².